The van der Waals surface area contributed by atoms with Crippen LogP contribution in [-0.4, -0.2) is 37.7 Å². The lowest BCUT2D eigenvalue weighted by Crippen LogP contribution is -2.46. The lowest BCUT2D eigenvalue weighted by Gasteiger charge is -2.45. The van der Waals surface area contributed by atoms with Gasteiger partial charge < -0.3 is 20.1 Å². The molecule has 1 aromatic heterocycles. The van der Waals surface area contributed by atoms with Gasteiger partial charge in [-0.15, -0.1) is 11.3 Å². The molecule has 4 rings (SSSR count). The number of nitrogens with zero attached hydrogens (tertiary/aromatic N) is 2. The topological polar surface area (TPSA) is 77.7 Å². The predicted molar refractivity (Wildman–Crippen MR) is 96.4 cm³/mol. The molecule has 1 fully saturated rings. The number of hydrogen-bond acceptors (Lipinski definition) is 6. The van der Waals surface area contributed by atoms with Crippen LogP contribution in [0.15, 0.2) is 23.6 Å². The van der Waals surface area contributed by atoms with E-state index < -0.39 is 5.91 Å². The second-order valence-electron chi connectivity index (χ2n) is 6.45. The van der Waals surface area contributed by atoms with Crippen LogP contribution in [0.5, 0.6) is 5.75 Å². The summed E-state index contributed by atoms with van der Waals surface area (Å²) in [6, 6.07) is 6.24. The van der Waals surface area contributed by atoms with Crippen molar-refractivity contribution in [3.05, 3.63) is 40.4 Å². The molecular formula is C18H21N3O3S. The predicted octanol–water partition coefficient (Wildman–Crippen LogP) is 2.32. The summed E-state index contributed by atoms with van der Waals surface area (Å²) < 4.78 is 11.9. The van der Waals surface area contributed by atoms with Gasteiger partial charge >= 0.3 is 0 Å². The number of piperidine rings is 1. The van der Waals surface area contributed by atoms with Crippen LogP contribution in [0, 0.1) is 0 Å². The van der Waals surface area contributed by atoms with Crippen molar-refractivity contribution in [3.8, 4) is 5.75 Å². The van der Waals surface area contributed by atoms with Gasteiger partial charge in [-0.1, -0.05) is 12.1 Å². The van der Waals surface area contributed by atoms with Gasteiger partial charge in [0.15, 0.2) is 5.13 Å². The highest BCUT2D eigenvalue weighted by molar-refractivity contribution is 7.13. The second-order valence-corrected chi connectivity index (χ2v) is 7.29. The Hall–Kier alpha value is -2.12. The zero-order chi connectivity index (χ0) is 17.4. The number of anilines is 1. The van der Waals surface area contributed by atoms with Gasteiger partial charge in [-0.05, 0) is 30.9 Å². The maximum absolute atomic E-state index is 11.3. The van der Waals surface area contributed by atoms with Gasteiger partial charge in [0.25, 0.3) is 5.91 Å². The Morgan fingerprint density at radius 1 is 1.40 bits per heavy atom. The Morgan fingerprint density at radius 2 is 2.20 bits per heavy atom. The monoisotopic (exact) mass is 359 g/mol. The van der Waals surface area contributed by atoms with Crippen LogP contribution in [0.4, 0.5) is 5.13 Å². The third kappa shape index (κ3) is 2.77. The zero-order valence-corrected chi connectivity index (χ0v) is 15.0. The molecule has 2 aromatic rings. The van der Waals surface area contributed by atoms with E-state index >= 15 is 0 Å². The molecule has 0 aliphatic carbocycles. The van der Waals surface area contributed by atoms with Crippen LogP contribution < -0.4 is 15.4 Å². The first kappa shape index (κ1) is 16.4. The van der Waals surface area contributed by atoms with Crippen molar-refractivity contribution in [3.63, 3.8) is 0 Å². The molecular weight excluding hydrogens is 338 g/mol. The standard InChI is InChI=1S/C18H21N3O3S/c1-23-14-4-2-3-12-5-10-24-18(15(12)14)6-8-21(9-7-18)17-20-13(11-25-17)16(19)22/h2-4,11H,5-10H2,1H3,(H2,19,22). The molecule has 0 unspecified atom stereocenters. The molecule has 2 aliphatic rings. The van der Waals surface area contributed by atoms with Crippen molar-refractivity contribution in [2.24, 2.45) is 5.73 Å². The minimum Gasteiger partial charge on any atom is -0.496 e. The Morgan fingerprint density at radius 3 is 2.88 bits per heavy atom. The van der Waals surface area contributed by atoms with Crippen LogP contribution in [-0.2, 0) is 16.8 Å². The number of amides is 1. The summed E-state index contributed by atoms with van der Waals surface area (Å²) in [6.07, 6.45) is 2.66. The fourth-order valence-electron chi connectivity index (χ4n) is 3.88. The Bertz CT molecular complexity index is 782. The van der Waals surface area contributed by atoms with Gasteiger partial charge in [-0.3, -0.25) is 4.79 Å². The van der Waals surface area contributed by atoms with Gasteiger partial charge in [0, 0.05) is 24.0 Å². The quantitative estimate of drug-likeness (QED) is 0.910. The van der Waals surface area contributed by atoms with Crippen LogP contribution in [0.3, 0.4) is 0 Å². The molecule has 3 heterocycles. The summed E-state index contributed by atoms with van der Waals surface area (Å²) in [5, 5.41) is 2.57. The minimum atomic E-state index is -0.481. The van der Waals surface area contributed by atoms with E-state index in [-0.39, 0.29) is 5.60 Å². The second kappa shape index (κ2) is 6.31. The minimum absolute atomic E-state index is 0.291. The first-order valence-electron chi connectivity index (χ1n) is 8.43. The summed E-state index contributed by atoms with van der Waals surface area (Å²) in [5.41, 5.74) is 7.88. The van der Waals surface area contributed by atoms with Crippen molar-refractivity contribution in [1.29, 1.82) is 0 Å². The molecule has 2 N–H and O–H groups in total. The summed E-state index contributed by atoms with van der Waals surface area (Å²) in [4.78, 5) is 17.8. The molecule has 2 aliphatic heterocycles. The van der Waals surface area contributed by atoms with Crippen molar-refractivity contribution in [2.45, 2.75) is 24.9 Å². The first-order valence-corrected chi connectivity index (χ1v) is 9.31. The van der Waals surface area contributed by atoms with E-state index in [1.54, 1.807) is 12.5 Å². The summed E-state index contributed by atoms with van der Waals surface area (Å²) in [5.74, 6) is 0.432. The summed E-state index contributed by atoms with van der Waals surface area (Å²) >= 11 is 1.46. The fourth-order valence-corrected chi connectivity index (χ4v) is 4.75. The molecule has 132 valence electrons. The van der Waals surface area contributed by atoms with E-state index in [0.717, 1.165) is 49.8 Å². The third-order valence-electron chi connectivity index (χ3n) is 5.12. The molecule has 1 saturated heterocycles. The zero-order valence-electron chi connectivity index (χ0n) is 14.2. The highest BCUT2D eigenvalue weighted by Crippen LogP contribution is 2.46. The molecule has 6 nitrogen and oxygen atoms in total. The van der Waals surface area contributed by atoms with Crippen molar-refractivity contribution < 1.29 is 14.3 Å². The number of benzene rings is 1. The largest absolute Gasteiger partial charge is 0.496 e. The molecule has 1 spiro atoms. The lowest BCUT2D eigenvalue weighted by atomic mass is 9.79. The number of hydrogen-bond donors (Lipinski definition) is 1. The van der Waals surface area contributed by atoms with Crippen molar-refractivity contribution in [1.82, 2.24) is 4.98 Å². The van der Waals surface area contributed by atoms with Gasteiger partial charge in [-0.25, -0.2) is 4.98 Å². The van der Waals surface area contributed by atoms with Crippen molar-refractivity contribution >= 4 is 22.4 Å². The van der Waals surface area contributed by atoms with Crippen LogP contribution >= 0.6 is 11.3 Å². The van der Waals surface area contributed by atoms with Crippen LogP contribution in [0.1, 0.15) is 34.5 Å². The number of thiazole rings is 1. The number of methoxy groups -OCH3 is 1. The number of rotatable bonds is 3. The normalized spacial score (nSPS) is 18.8. The Balaban J connectivity index is 1.59. The number of fused-ring (bicyclic) bond motifs is 2. The van der Waals surface area contributed by atoms with E-state index in [2.05, 4.69) is 16.0 Å². The van der Waals surface area contributed by atoms with E-state index in [1.807, 2.05) is 12.1 Å². The fraction of sp³-hybridized carbons (Fsp3) is 0.444. The molecule has 1 amide bonds. The highest BCUT2D eigenvalue weighted by Gasteiger charge is 2.43. The molecule has 0 radical (unpaired) electrons. The molecule has 0 atom stereocenters. The molecule has 0 saturated carbocycles. The van der Waals surface area contributed by atoms with E-state index in [0.29, 0.717) is 5.69 Å². The smallest absolute Gasteiger partial charge is 0.268 e. The molecule has 25 heavy (non-hydrogen) atoms. The van der Waals surface area contributed by atoms with Gasteiger partial charge in [0.2, 0.25) is 0 Å². The Kier molecular flexibility index (Phi) is 4.13. The number of primary amides is 1. The molecule has 7 heteroatoms. The summed E-state index contributed by atoms with van der Waals surface area (Å²) in [6.45, 7) is 2.38. The van der Waals surface area contributed by atoms with Crippen LogP contribution in [0.2, 0.25) is 0 Å². The first-order chi connectivity index (χ1) is 12.1. The summed E-state index contributed by atoms with van der Waals surface area (Å²) in [7, 11) is 1.72. The number of carbonyl (C=O) groups excluding carboxylic acids is 1. The maximum atomic E-state index is 11.3. The number of nitrogens with two attached hydrogens (primary N) is 1. The number of carbonyl (C=O) groups is 1. The Labute approximate surface area is 150 Å². The average Bonchev–Trinajstić information content (AvgIpc) is 3.12. The van der Waals surface area contributed by atoms with E-state index in [9.17, 15) is 4.79 Å². The molecule has 0 bridgehead atoms. The van der Waals surface area contributed by atoms with Crippen LogP contribution in [0.25, 0.3) is 0 Å². The highest BCUT2D eigenvalue weighted by atomic mass is 32.1. The van der Waals surface area contributed by atoms with E-state index in [4.69, 9.17) is 15.2 Å². The van der Waals surface area contributed by atoms with Gasteiger partial charge in [0.1, 0.15) is 17.0 Å². The average molecular weight is 359 g/mol. The number of aromatic nitrogens is 1. The maximum Gasteiger partial charge on any atom is 0.268 e. The van der Waals surface area contributed by atoms with Gasteiger partial charge in [0.05, 0.1) is 13.7 Å². The van der Waals surface area contributed by atoms with Gasteiger partial charge in [-0.2, -0.15) is 0 Å². The SMILES string of the molecule is COc1cccc2c1C1(CCN(c3nc(C(N)=O)cs3)CC1)OCC2. The molecule has 1 aromatic carbocycles. The van der Waals surface area contributed by atoms with E-state index in [1.165, 1.54) is 22.5 Å². The lowest BCUT2D eigenvalue weighted by molar-refractivity contribution is -0.0779. The van der Waals surface area contributed by atoms with Crippen molar-refractivity contribution in [2.75, 3.05) is 31.7 Å². The third-order valence-corrected chi connectivity index (χ3v) is 6.03. The number of ether oxygens (including phenoxy) is 2.